The third-order valence-corrected chi connectivity index (χ3v) is 5.48. The fraction of sp³-hybridized carbons (Fsp3) is 0.400. The minimum absolute atomic E-state index is 0.170. The van der Waals surface area contributed by atoms with Crippen LogP contribution in [0.3, 0.4) is 0 Å². The first-order valence-corrected chi connectivity index (χ1v) is 10.6. The molecule has 0 saturated heterocycles. The predicted molar refractivity (Wildman–Crippen MR) is 120 cm³/mol. The molecule has 2 aromatic rings. The number of fused-ring (bicyclic) bond motifs is 1. The second-order valence-corrected chi connectivity index (χ2v) is 7.70. The van der Waals surface area contributed by atoms with Crippen LogP contribution in [0.2, 0.25) is 0 Å². The van der Waals surface area contributed by atoms with E-state index in [0.29, 0.717) is 12.8 Å². The number of hydrogen-bond donors (Lipinski definition) is 2. The maximum Gasteiger partial charge on any atom is 0.326 e. The van der Waals surface area contributed by atoms with Crippen molar-refractivity contribution < 1.29 is 29.7 Å². The van der Waals surface area contributed by atoms with E-state index in [4.69, 9.17) is 10.2 Å². The van der Waals surface area contributed by atoms with E-state index in [1.165, 1.54) is 6.92 Å². The smallest absolute Gasteiger partial charge is 0.326 e. The molecule has 2 aromatic carbocycles. The maximum absolute atomic E-state index is 13.4. The Morgan fingerprint density at radius 2 is 1.91 bits per heavy atom. The van der Waals surface area contributed by atoms with Crippen molar-refractivity contribution in [3.05, 3.63) is 71.2 Å². The van der Waals surface area contributed by atoms with Gasteiger partial charge in [-0.25, -0.2) is 4.79 Å². The standard InChI is InChI=1S/C25H30N2O5/c1-3-32-25(31)21(14-13-18-9-5-4-6-10-18)26-17(2)23(28)27-16-20-12-8-7-11-19(20)15-22(27)24(29)30/h4-12,17,21-22,26H,3,13-16H2,1-2H3,(H,29,30)/t17-,21-,22-/m0/s1/i7D,8D,11D,12D. The van der Waals surface area contributed by atoms with Crippen molar-refractivity contribution in [3.63, 3.8) is 0 Å². The number of aliphatic carboxylic acids is 1. The van der Waals surface area contributed by atoms with E-state index >= 15 is 0 Å². The number of benzene rings is 2. The molecule has 0 spiro atoms. The summed E-state index contributed by atoms with van der Waals surface area (Å²) in [5.41, 5.74) is 1.41. The van der Waals surface area contributed by atoms with Crippen molar-refractivity contribution in [1.82, 2.24) is 10.2 Å². The van der Waals surface area contributed by atoms with Crippen molar-refractivity contribution in [2.75, 3.05) is 6.61 Å². The van der Waals surface area contributed by atoms with Crippen molar-refractivity contribution in [2.24, 2.45) is 0 Å². The zero-order valence-electron chi connectivity index (χ0n) is 22.2. The van der Waals surface area contributed by atoms with E-state index in [0.717, 1.165) is 10.5 Å². The lowest BCUT2D eigenvalue weighted by Crippen LogP contribution is -2.56. The van der Waals surface area contributed by atoms with Crippen LogP contribution in [0.4, 0.5) is 0 Å². The van der Waals surface area contributed by atoms with E-state index in [1.807, 2.05) is 30.3 Å². The van der Waals surface area contributed by atoms with Crippen molar-refractivity contribution in [1.29, 1.82) is 0 Å². The number of hydrogen-bond acceptors (Lipinski definition) is 5. The quantitative estimate of drug-likeness (QED) is 0.580. The number of carboxylic acid groups (broad SMARTS) is 1. The van der Waals surface area contributed by atoms with Crippen LogP contribution in [-0.4, -0.2) is 52.6 Å². The Labute approximate surface area is 194 Å². The molecule has 0 bridgehead atoms. The number of ether oxygens (including phenoxy) is 1. The molecule has 0 aliphatic carbocycles. The SMILES string of the molecule is [2H]c1c([2H])c([2H])c2c(c1[2H])C[C@@H](C(=O)O)N(C(=O)[C@H](C)N[C@@H](CCc1ccccc1)C(=O)OCC)C2. The molecule has 0 fully saturated rings. The summed E-state index contributed by atoms with van der Waals surface area (Å²) in [6.45, 7) is 3.11. The number of esters is 1. The van der Waals surface area contributed by atoms with Crippen molar-refractivity contribution >= 4 is 17.8 Å². The molecule has 1 aliphatic rings. The molecule has 0 unspecified atom stereocenters. The number of carbonyl (C=O) groups excluding carboxylic acids is 2. The van der Waals surface area contributed by atoms with E-state index in [-0.39, 0.29) is 42.8 Å². The Hall–Kier alpha value is -3.19. The minimum atomic E-state index is -1.31. The maximum atomic E-state index is 13.4. The summed E-state index contributed by atoms with van der Waals surface area (Å²) in [5.74, 6) is -2.38. The van der Waals surface area contributed by atoms with Crippen LogP contribution in [0.25, 0.3) is 0 Å². The van der Waals surface area contributed by atoms with Gasteiger partial charge in [0.25, 0.3) is 0 Å². The highest BCUT2D eigenvalue weighted by atomic mass is 16.5. The van der Waals surface area contributed by atoms with Gasteiger partial charge in [-0.2, -0.15) is 0 Å². The lowest BCUT2D eigenvalue weighted by molar-refractivity contribution is -0.153. The molecular weight excluding hydrogens is 408 g/mol. The van der Waals surface area contributed by atoms with E-state index in [9.17, 15) is 19.5 Å². The number of amides is 1. The molecule has 1 heterocycles. The molecule has 3 atom stereocenters. The van der Waals surface area contributed by atoms with Crippen molar-refractivity contribution in [3.8, 4) is 0 Å². The summed E-state index contributed by atoms with van der Waals surface area (Å²) >= 11 is 0. The van der Waals surface area contributed by atoms with Gasteiger partial charge in [0.05, 0.1) is 18.1 Å². The summed E-state index contributed by atoms with van der Waals surface area (Å²) < 4.78 is 37.4. The number of rotatable bonds is 9. The van der Waals surface area contributed by atoms with Gasteiger partial charge in [-0.3, -0.25) is 14.9 Å². The molecular formula is C25H30N2O5. The highest BCUT2D eigenvalue weighted by Gasteiger charge is 2.37. The molecule has 0 aromatic heterocycles. The zero-order chi connectivity index (χ0) is 26.6. The molecule has 1 aliphatic heterocycles. The van der Waals surface area contributed by atoms with E-state index in [1.54, 1.807) is 6.92 Å². The first-order valence-electron chi connectivity index (χ1n) is 12.6. The fourth-order valence-corrected chi connectivity index (χ4v) is 3.80. The van der Waals surface area contributed by atoms with Gasteiger partial charge in [-0.05, 0) is 43.4 Å². The Morgan fingerprint density at radius 3 is 2.56 bits per heavy atom. The van der Waals surface area contributed by atoms with Crippen LogP contribution in [0.1, 0.15) is 42.4 Å². The Kier molecular flexibility index (Phi) is 6.27. The van der Waals surface area contributed by atoms with E-state index in [2.05, 4.69) is 5.32 Å². The highest BCUT2D eigenvalue weighted by Crippen LogP contribution is 2.24. The number of carbonyl (C=O) groups is 3. The zero-order valence-corrected chi connectivity index (χ0v) is 18.2. The molecule has 1 amide bonds. The Balaban J connectivity index is 1.83. The van der Waals surface area contributed by atoms with Crippen LogP contribution in [0.5, 0.6) is 0 Å². The van der Waals surface area contributed by atoms with Gasteiger partial charge in [0.2, 0.25) is 5.91 Å². The average Bonchev–Trinajstić information content (AvgIpc) is 2.87. The first kappa shape index (κ1) is 18.4. The minimum Gasteiger partial charge on any atom is -0.480 e. The van der Waals surface area contributed by atoms with E-state index < -0.39 is 48.1 Å². The summed E-state index contributed by atoms with van der Waals surface area (Å²) in [6.07, 6.45) is 0.678. The Bertz CT molecular complexity index is 1150. The second kappa shape index (κ2) is 10.9. The third kappa shape index (κ3) is 5.73. The average molecular weight is 443 g/mol. The number of nitrogens with zero attached hydrogens (tertiary/aromatic N) is 1. The largest absolute Gasteiger partial charge is 0.480 e. The van der Waals surface area contributed by atoms with Gasteiger partial charge in [-0.15, -0.1) is 0 Å². The van der Waals surface area contributed by atoms with Gasteiger partial charge in [-0.1, -0.05) is 54.5 Å². The normalized spacial score (nSPS) is 18.9. The fourth-order valence-electron chi connectivity index (χ4n) is 3.80. The number of carboxylic acids is 1. The van der Waals surface area contributed by atoms with Gasteiger partial charge in [0, 0.05) is 13.0 Å². The van der Waals surface area contributed by atoms with Gasteiger partial charge in [0.15, 0.2) is 0 Å². The predicted octanol–water partition coefficient (Wildman–Crippen LogP) is 2.57. The Morgan fingerprint density at radius 1 is 1.22 bits per heavy atom. The molecule has 0 radical (unpaired) electrons. The molecule has 32 heavy (non-hydrogen) atoms. The first-order chi connectivity index (χ1) is 17.1. The van der Waals surface area contributed by atoms with Gasteiger partial charge >= 0.3 is 11.9 Å². The third-order valence-electron chi connectivity index (χ3n) is 5.48. The molecule has 2 N–H and O–H groups in total. The second-order valence-electron chi connectivity index (χ2n) is 7.70. The van der Waals surface area contributed by atoms with Crippen LogP contribution in [-0.2, 0) is 38.5 Å². The van der Waals surface area contributed by atoms with Crippen LogP contribution < -0.4 is 5.32 Å². The van der Waals surface area contributed by atoms with Crippen LogP contribution >= 0.6 is 0 Å². The van der Waals surface area contributed by atoms with Crippen molar-refractivity contribution in [2.45, 2.75) is 57.8 Å². The monoisotopic (exact) mass is 442 g/mol. The lowest BCUT2D eigenvalue weighted by Gasteiger charge is -2.36. The molecule has 3 rings (SSSR count). The summed E-state index contributed by atoms with van der Waals surface area (Å²) in [4.78, 5) is 39.2. The summed E-state index contributed by atoms with van der Waals surface area (Å²) in [6, 6.07) is 5.02. The summed E-state index contributed by atoms with van der Waals surface area (Å²) in [5, 5.41) is 12.8. The molecule has 7 nitrogen and oxygen atoms in total. The highest BCUT2D eigenvalue weighted by molar-refractivity contribution is 5.88. The lowest BCUT2D eigenvalue weighted by atomic mass is 9.93. The number of nitrogens with one attached hydrogen (secondary N) is 1. The number of aryl methyl sites for hydroxylation is 1. The van der Waals surface area contributed by atoms with Gasteiger partial charge in [0.1, 0.15) is 12.1 Å². The van der Waals surface area contributed by atoms with Crippen LogP contribution in [0.15, 0.2) is 54.5 Å². The molecule has 7 heteroatoms. The van der Waals surface area contributed by atoms with Crippen LogP contribution in [0, 0.1) is 0 Å². The topological polar surface area (TPSA) is 95.9 Å². The molecule has 170 valence electrons. The van der Waals surface area contributed by atoms with Gasteiger partial charge < -0.3 is 14.7 Å². The molecule has 0 saturated carbocycles. The summed E-state index contributed by atoms with van der Waals surface area (Å²) in [7, 11) is 0.